The van der Waals surface area contributed by atoms with Crippen molar-refractivity contribution in [1.82, 2.24) is 0 Å². The van der Waals surface area contributed by atoms with E-state index in [2.05, 4.69) is 15.5 Å². The van der Waals surface area contributed by atoms with Gasteiger partial charge in [0.2, 0.25) is 0 Å². The molecule has 1 aliphatic rings. The fourth-order valence-electron chi connectivity index (χ4n) is 2.45. The van der Waals surface area contributed by atoms with Crippen molar-refractivity contribution in [3.05, 3.63) is 29.8 Å². The van der Waals surface area contributed by atoms with Crippen molar-refractivity contribution in [2.75, 3.05) is 19.6 Å². The predicted molar refractivity (Wildman–Crippen MR) is 103 cm³/mol. The maximum Gasteiger partial charge on any atom is 0.404 e. The molecule has 1 aliphatic heterocycles. The van der Waals surface area contributed by atoms with Crippen LogP contribution < -0.4 is 4.52 Å². The summed E-state index contributed by atoms with van der Waals surface area (Å²) in [5.74, 6) is -0.301. The van der Waals surface area contributed by atoms with E-state index in [9.17, 15) is 9.36 Å². The second-order valence-corrected chi connectivity index (χ2v) is 8.45. The molecule has 0 amide bonds. The van der Waals surface area contributed by atoms with Crippen LogP contribution in [-0.4, -0.2) is 53.6 Å². The molecule has 0 radical (unpaired) electrons. The fraction of sp³-hybridized carbons (Fsp3) is 0.533. The summed E-state index contributed by atoms with van der Waals surface area (Å²) in [6, 6.07) is 6.58. The van der Waals surface area contributed by atoms with Crippen molar-refractivity contribution in [3.63, 3.8) is 0 Å². The standard InChI is InChI=1S/C15H24B3O6P/c1-2-3-8-21-15(19)13-6-4-5-7-14(13)24-25(20)11-22-12(10-23-25)9-18(16)17/h4-7,12H,2-3,8-11,16-17H2,1H3. The van der Waals surface area contributed by atoms with Gasteiger partial charge < -0.3 is 14.0 Å². The van der Waals surface area contributed by atoms with E-state index in [4.69, 9.17) is 18.5 Å². The smallest absolute Gasteiger partial charge is 0.404 e. The molecule has 2 unspecified atom stereocenters. The second kappa shape index (κ2) is 9.51. The molecule has 0 spiro atoms. The minimum atomic E-state index is -3.44. The molecule has 2 atom stereocenters. The van der Waals surface area contributed by atoms with Gasteiger partial charge in [0.05, 0.1) is 41.3 Å². The Labute approximate surface area is 151 Å². The van der Waals surface area contributed by atoms with Gasteiger partial charge in [0.1, 0.15) is 11.3 Å². The van der Waals surface area contributed by atoms with Crippen LogP contribution in [0.25, 0.3) is 0 Å². The number of rotatable bonds is 8. The number of carbonyl (C=O) groups excluding carboxylic acids is 1. The fourth-order valence-corrected chi connectivity index (χ4v) is 3.87. The van der Waals surface area contributed by atoms with Crippen molar-refractivity contribution in [2.24, 2.45) is 0 Å². The van der Waals surface area contributed by atoms with Crippen molar-refractivity contribution >= 4 is 35.5 Å². The first-order valence-corrected chi connectivity index (χ1v) is 10.5. The largest absolute Gasteiger partial charge is 0.462 e. The summed E-state index contributed by atoms with van der Waals surface area (Å²) in [5.41, 5.74) is 0.238. The Morgan fingerprint density at radius 3 is 2.80 bits per heavy atom. The first kappa shape index (κ1) is 20.2. The molecule has 0 saturated carbocycles. The number of para-hydroxylation sites is 1. The lowest BCUT2D eigenvalue weighted by Crippen LogP contribution is -2.32. The van der Waals surface area contributed by atoms with Crippen molar-refractivity contribution in [1.29, 1.82) is 0 Å². The van der Waals surface area contributed by atoms with E-state index in [1.807, 2.05) is 6.92 Å². The summed E-state index contributed by atoms with van der Waals surface area (Å²) in [6.45, 7) is 3.05. The monoisotopic (exact) mass is 364 g/mol. The molecule has 1 heterocycles. The van der Waals surface area contributed by atoms with Crippen molar-refractivity contribution in [2.45, 2.75) is 32.2 Å². The van der Waals surface area contributed by atoms with Gasteiger partial charge in [-0.25, -0.2) is 9.36 Å². The van der Waals surface area contributed by atoms with Crippen LogP contribution in [0.1, 0.15) is 30.1 Å². The van der Waals surface area contributed by atoms with Crippen LogP contribution in [-0.2, 0) is 18.6 Å². The molecule has 134 valence electrons. The van der Waals surface area contributed by atoms with Gasteiger partial charge in [0.15, 0.2) is 6.35 Å². The molecule has 0 aliphatic carbocycles. The quantitative estimate of drug-likeness (QED) is 0.300. The maximum atomic E-state index is 12.7. The molecule has 1 aromatic rings. The molecule has 10 heteroatoms. The van der Waals surface area contributed by atoms with Crippen LogP contribution in [0.15, 0.2) is 24.3 Å². The van der Waals surface area contributed by atoms with Crippen LogP contribution in [0.3, 0.4) is 0 Å². The van der Waals surface area contributed by atoms with Gasteiger partial charge in [0, 0.05) is 0 Å². The molecule has 1 fully saturated rings. The number of hydrogen-bond acceptors (Lipinski definition) is 6. The average molecular weight is 364 g/mol. The second-order valence-electron chi connectivity index (χ2n) is 6.53. The van der Waals surface area contributed by atoms with Gasteiger partial charge in [-0.15, -0.1) is 0 Å². The Hall–Kier alpha value is -1.17. The first-order valence-electron chi connectivity index (χ1n) is 8.74. The van der Waals surface area contributed by atoms with E-state index >= 15 is 0 Å². The van der Waals surface area contributed by atoms with Gasteiger partial charge in [0.25, 0.3) is 0 Å². The average Bonchev–Trinajstić information content (AvgIpc) is 2.57. The SMILES string of the molecule is BB(B)CC1COP(=O)(Oc2ccccc2C(=O)OCCCC)CO1. The summed E-state index contributed by atoms with van der Waals surface area (Å²) >= 11 is 0. The molecule has 25 heavy (non-hydrogen) atoms. The summed E-state index contributed by atoms with van der Waals surface area (Å²) in [4.78, 5) is 12.2. The van der Waals surface area contributed by atoms with Crippen LogP contribution >= 0.6 is 7.60 Å². The molecular weight excluding hydrogens is 340 g/mol. The molecule has 1 aromatic carbocycles. The molecule has 6 nitrogen and oxygen atoms in total. The Balaban J connectivity index is 2.00. The minimum absolute atomic E-state index is 0.0834. The molecule has 0 bridgehead atoms. The number of carbonyl (C=O) groups is 1. The zero-order chi connectivity index (χ0) is 18.3. The Morgan fingerprint density at radius 2 is 2.16 bits per heavy atom. The van der Waals surface area contributed by atoms with Crippen LogP contribution in [0.2, 0.25) is 6.32 Å². The normalized spacial score (nSPS) is 23.0. The predicted octanol–water partition coefficient (Wildman–Crippen LogP) is 1.34. The first-order chi connectivity index (χ1) is 11.9. The number of unbranched alkanes of at least 4 members (excludes halogenated alkanes) is 1. The third-order valence-electron chi connectivity index (χ3n) is 3.74. The summed E-state index contributed by atoms with van der Waals surface area (Å²) in [7, 11) is 0.739. The number of ether oxygens (including phenoxy) is 2. The van der Waals surface area contributed by atoms with Crippen LogP contribution in [0, 0.1) is 0 Å². The van der Waals surface area contributed by atoms with Crippen LogP contribution in [0.5, 0.6) is 5.75 Å². The number of esters is 1. The van der Waals surface area contributed by atoms with Gasteiger partial charge in [-0.1, -0.05) is 31.8 Å². The highest BCUT2D eigenvalue weighted by atomic mass is 31.2. The Morgan fingerprint density at radius 1 is 1.40 bits per heavy atom. The van der Waals surface area contributed by atoms with E-state index in [1.165, 1.54) is 0 Å². The lowest BCUT2D eigenvalue weighted by Gasteiger charge is -2.30. The minimum Gasteiger partial charge on any atom is -0.462 e. The van der Waals surface area contributed by atoms with Crippen molar-refractivity contribution in [3.8, 4) is 5.75 Å². The lowest BCUT2D eigenvalue weighted by atomic mass is 9.18. The zero-order valence-corrected chi connectivity index (χ0v) is 16.0. The third kappa shape index (κ3) is 6.25. The van der Waals surface area contributed by atoms with Gasteiger partial charge in [-0.3, -0.25) is 4.52 Å². The number of hydrogen-bond donors (Lipinski definition) is 0. The van der Waals surface area contributed by atoms with Crippen LogP contribution in [0.4, 0.5) is 0 Å². The molecular formula is C15H24B3O6P. The van der Waals surface area contributed by atoms with E-state index < -0.39 is 13.6 Å². The highest BCUT2D eigenvalue weighted by molar-refractivity contribution is 7.54. The van der Waals surface area contributed by atoms with Gasteiger partial charge in [-0.05, 0) is 18.6 Å². The summed E-state index contributed by atoms with van der Waals surface area (Å²) in [5, 5.41) is 0. The third-order valence-corrected chi connectivity index (χ3v) is 5.22. The summed E-state index contributed by atoms with van der Waals surface area (Å²) < 4.78 is 34.6. The maximum absolute atomic E-state index is 12.7. The Bertz CT molecular complexity index is 615. The molecule has 0 N–H and O–H groups in total. The van der Waals surface area contributed by atoms with E-state index in [-0.39, 0.29) is 30.4 Å². The van der Waals surface area contributed by atoms with E-state index in [0.29, 0.717) is 13.1 Å². The van der Waals surface area contributed by atoms with E-state index in [1.54, 1.807) is 24.3 Å². The number of benzene rings is 1. The van der Waals surface area contributed by atoms with E-state index in [0.717, 1.165) is 19.2 Å². The lowest BCUT2D eigenvalue weighted by molar-refractivity contribution is 0.0138. The van der Waals surface area contributed by atoms with Gasteiger partial charge >= 0.3 is 13.6 Å². The highest BCUT2D eigenvalue weighted by Gasteiger charge is 2.35. The molecule has 1 saturated heterocycles. The van der Waals surface area contributed by atoms with Crippen molar-refractivity contribution < 1.29 is 27.9 Å². The molecule has 2 rings (SSSR count). The Kier molecular flexibility index (Phi) is 7.67. The summed E-state index contributed by atoms with van der Waals surface area (Å²) in [6.07, 6.45) is 2.36. The van der Waals surface area contributed by atoms with Gasteiger partial charge in [-0.2, -0.15) is 0 Å². The molecule has 0 aromatic heterocycles. The topological polar surface area (TPSA) is 71.1 Å². The highest BCUT2D eigenvalue weighted by Crippen LogP contribution is 2.51. The zero-order valence-electron chi connectivity index (χ0n) is 15.1.